The highest BCUT2D eigenvalue weighted by Crippen LogP contribution is 2.20. The molecule has 2 atom stereocenters. The van der Waals surface area contributed by atoms with Crippen molar-refractivity contribution in [3.8, 4) is 0 Å². The SMILES string of the molecule is CC1SCC=CN(C)C1C. The highest BCUT2D eigenvalue weighted by atomic mass is 32.2. The molecule has 0 aliphatic carbocycles. The number of rotatable bonds is 0. The summed E-state index contributed by atoms with van der Waals surface area (Å²) in [6.07, 6.45) is 4.41. The van der Waals surface area contributed by atoms with Gasteiger partial charge in [-0.25, -0.2) is 0 Å². The van der Waals surface area contributed by atoms with Crippen molar-refractivity contribution in [1.82, 2.24) is 4.90 Å². The number of hydrogen-bond acceptors (Lipinski definition) is 2. The third kappa shape index (κ3) is 1.69. The minimum absolute atomic E-state index is 0.670. The lowest BCUT2D eigenvalue weighted by molar-refractivity contribution is 0.352. The van der Waals surface area contributed by atoms with Gasteiger partial charge in [0.25, 0.3) is 0 Å². The van der Waals surface area contributed by atoms with Gasteiger partial charge in [0.1, 0.15) is 0 Å². The van der Waals surface area contributed by atoms with Crippen molar-refractivity contribution < 1.29 is 0 Å². The molecule has 0 spiro atoms. The molecule has 0 aromatic rings. The molecule has 0 saturated heterocycles. The fourth-order valence-corrected chi connectivity index (χ4v) is 1.99. The topological polar surface area (TPSA) is 3.24 Å². The molecule has 10 heavy (non-hydrogen) atoms. The molecule has 1 aliphatic rings. The van der Waals surface area contributed by atoms with Crippen LogP contribution in [-0.2, 0) is 0 Å². The van der Waals surface area contributed by atoms with E-state index in [4.69, 9.17) is 0 Å². The van der Waals surface area contributed by atoms with Gasteiger partial charge in [0.05, 0.1) is 0 Å². The highest BCUT2D eigenvalue weighted by molar-refractivity contribution is 8.00. The molecule has 0 N–H and O–H groups in total. The molecule has 0 amide bonds. The molecule has 1 aliphatic heterocycles. The van der Waals surface area contributed by atoms with Crippen molar-refractivity contribution in [2.75, 3.05) is 12.8 Å². The lowest BCUT2D eigenvalue weighted by atomic mass is 10.2. The van der Waals surface area contributed by atoms with Crippen LogP contribution in [0.2, 0.25) is 0 Å². The summed E-state index contributed by atoms with van der Waals surface area (Å²) in [5.74, 6) is 1.16. The van der Waals surface area contributed by atoms with Crippen LogP contribution in [0.5, 0.6) is 0 Å². The first kappa shape index (κ1) is 7.99. The Morgan fingerprint density at radius 1 is 1.50 bits per heavy atom. The van der Waals surface area contributed by atoms with Crippen molar-refractivity contribution >= 4 is 11.8 Å². The maximum absolute atomic E-state index is 2.29. The quantitative estimate of drug-likeness (QED) is 0.529. The normalized spacial score (nSPS) is 34.1. The molecule has 1 heterocycles. The van der Waals surface area contributed by atoms with Crippen LogP contribution in [0.15, 0.2) is 12.3 Å². The summed E-state index contributed by atoms with van der Waals surface area (Å²) in [7, 11) is 2.14. The van der Waals surface area contributed by atoms with Gasteiger partial charge in [0, 0.05) is 24.1 Å². The molecule has 2 unspecified atom stereocenters. The first-order chi connectivity index (χ1) is 4.72. The van der Waals surface area contributed by atoms with Crippen molar-refractivity contribution in [2.45, 2.75) is 25.1 Å². The summed E-state index contributed by atoms with van der Waals surface area (Å²) < 4.78 is 0. The maximum atomic E-state index is 2.29. The second kappa shape index (κ2) is 3.33. The monoisotopic (exact) mass is 157 g/mol. The lowest BCUT2D eigenvalue weighted by Gasteiger charge is -2.25. The number of hydrogen-bond donors (Lipinski definition) is 0. The van der Waals surface area contributed by atoms with Crippen LogP contribution >= 0.6 is 11.8 Å². The van der Waals surface area contributed by atoms with Crippen LogP contribution in [0, 0.1) is 0 Å². The van der Waals surface area contributed by atoms with Crippen LogP contribution in [0.4, 0.5) is 0 Å². The Morgan fingerprint density at radius 3 is 2.90 bits per heavy atom. The number of thioether (sulfide) groups is 1. The van der Waals surface area contributed by atoms with E-state index in [1.54, 1.807) is 0 Å². The second-order valence-electron chi connectivity index (χ2n) is 2.83. The van der Waals surface area contributed by atoms with E-state index in [1.165, 1.54) is 0 Å². The molecule has 1 rings (SSSR count). The average Bonchev–Trinajstić information content (AvgIpc) is 2.04. The Labute approximate surface area is 67.5 Å². The molecule has 58 valence electrons. The molecule has 0 radical (unpaired) electrons. The minimum atomic E-state index is 0.670. The predicted molar refractivity (Wildman–Crippen MR) is 48.3 cm³/mol. The third-order valence-electron chi connectivity index (χ3n) is 2.12. The Morgan fingerprint density at radius 2 is 2.20 bits per heavy atom. The summed E-state index contributed by atoms with van der Waals surface area (Å²) in [5.41, 5.74) is 0. The first-order valence-corrected chi connectivity index (χ1v) is 4.77. The van der Waals surface area contributed by atoms with E-state index in [1.807, 2.05) is 11.8 Å². The molecule has 0 saturated carbocycles. The van der Waals surface area contributed by atoms with E-state index in [9.17, 15) is 0 Å². The third-order valence-corrected chi connectivity index (χ3v) is 3.42. The Bertz CT molecular complexity index is 133. The standard InChI is InChI=1S/C8H15NS/c1-7-8(2)10-6-4-5-9(7)3/h4-5,7-8H,6H2,1-3H3. The summed E-state index contributed by atoms with van der Waals surface area (Å²) >= 11 is 2.02. The van der Waals surface area contributed by atoms with Gasteiger partial charge in [0.2, 0.25) is 0 Å². The van der Waals surface area contributed by atoms with E-state index in [-0.39, 0.29) is 0 Å². The van der Waals surface area contributed by atoms with Crippen molar-refractivity contribution in [2.24, 2.45) is 0 Å². The van der Waals surface area contributed by atoms with E-state index in [2.05, 4.69) is 38.1 Å². The van der Waals surface area contributed by atoms with E-state index in [0.29, 0.717) is 6.04 Å². The molecular formula is C8H15NS. The highest BCUT2D eigenvalue weighted by Gasteiger charge is 2.16. The zero-order valence-corrected chi connectivity index (χ0v) is 7.69. The van der Waals surface area contributed by atoms with Crippen LogP contribution < -0.4 is 0 Å². The first-order valence-electron chi connectivity index (χ1n) is 3.72. The minimum Gasteiger partial charge on any atom is -0.377 e. The van der Waals surface area contributed by atoms with Crippen LogP contribution in [0.3, 0.4) is 0 Å². The Kier molecular flexibility index (Phi) is 2.66. The summed E-state index contributed by atoms with van der Waals surface area (Å²) in [5, 5.41) is 0.750. The predicted octanol–water partition coefficient (Wildman–Crippen LogP) is 1.96. The van der Waals surface area contributed by atoms with Gasteiger partial charge >= 0.3 is 0 Å². The van der Waals surface area contributed by atoms with Crippen molar-refractivity contribution in [3.05, 3.63) is 12.3 Å². The average molecular weight is 157 g/mol. The van der Waals surface area contributed by atoms with Gasteiger partial charge in [-0.1, -0.05) is 13.0 Å². The molecule has 0 bridgehead atoms. The van der Waals surface area contributed by atoms with Gasteiger partial charge in [-0.15, -0.1) is 0 Å². The van der Waals surface area contributed by atoms with Crippen molar-refractivity contribution in [3.63, 3.8) is 0 Å². The van der Waals surface area contributed by atoms with E-state index < -0.39 is 0 Å². The smallest absolute Gasteiger partial charge is 0.0369 e. The molecule has 1 nitrogen and oxygen atoms in total. The Hall–Kier alpha value is -0.110. The van der Waals surface area contributed by atoms with Gasteiger partial charge in [-0.05, 0) is 13.1 Å². The van der Waals surface area contributed by atoms with E-state index in [0.717, 1.165) is 11.0 Å². The van der Waals surface area contributed by atoms with Gasteiger partial charge in [0.15, 0.2) is 0 Å². The second-order valence-corrected chi connectivity index (χ2v) is 4.24. The van der Waals surface area contributed by atoms with Crippen LogP contribution in [0.25, 0.3) is 0 Å². The van der Waals surface area contributed by atoms with Gasteiger partial charge < -0.3 is 4.90 Å². The largest absolute Gasteiger partial charge is 0.377 e. The summed E-state index contributed by atoms with van der Waals surface area (Å²) in [6, 6.07) is 0.670. The summed E-state index contributed by atoms with van der Waals surface area (Å²) in [4.78, 5) is 2.28. The summed E-state index contributed by atoms with van der Waals surface area (Å²) in [6.45, 7) is 4.56. The Balaban J connectivity index is 2.57. The molecule has 0 fully saturated rings. The van der Waals surface area contributed by atoms with Crippen LogP contribution in [0.1, 0.15) is 13.8 Å². The zero-order chi connectivity index (χ0) is 7.56. The molecule has 0 aromatic carbocycles. The van der Waals surface area contributed by atoms with Crippen LogP contribution in [-0.4, -0.2) is 29.0 Å². The maximum Gasteiger partial charge on any atom is 0.0369 e. The fraction of sp³-hybridized carbons (Fsp3) is 0.750. The lowest BCUT2D eigenvalue weighted by Crippen LogP contribution is -2.30. The number of nitrogens with zero attached hydrogens (tertiary/aromatic N) is 1. The molecule has 0 aromatic heterocycles. The van der Waals surface area contributed by atoms with Crippen molar-refractivity contribution in [1.29, 1.82) is 0 Å². The van der Waals surface area contributed by atoms with Gasteiger partial charge in [-0.2, -0.15) is 11.8 Å². The van der Waals surface area contributed by atoms with E-state index >= 15 is 0 Å². The molecule has 2 heteroatoms. The van der Waals surface area contributed by atoms with Gasteiger partial charge in [-0.3, -0.25) is 0 Å². The molecular weight excluding hydrogens is 142 g/mol. The fourth-order valence-electron chi connectivity index (χ4n) is 1.02. The zero-order valence-electron chi connectivity index (χ0n) is 6.87.